The van der Waals surface area contributed by atoms with Gasteiger partial charge in [-0.1, -0.05) is 18.2 Å². The summed E-state index contributed by atoms with van der Waals surface area (Å²) in [6.45, 7) is 1.87. The van der Waals surface area contributed by atoms with Crippen LogP contribution < -0.4 is 16.4 Å². The SMILES string of the molecule is CN(C)CCCN(Cc1ccc(C(=O)Nc2ccccc2N)nc1)C(=O)Nc1cccs1. The van der Waals surface area contributed by atoms with Gasteiger partial charge in [-0.05, 0) is 68.3 Å². The molecule has 0 saturated heterocycles. The minimum Gasteiger partial charge on any atom is -0.397 e. The van der Waals surface area contributed by atoms with Gasteiger partial charge in [-0.2, -0.15) is 0 Å². The summed E-state index contributed by atoms with van der Waals surface area (Å²) in [5.41, 5.74) is 8.03. The molecule has 32 heavy (non-hydrogen) atoms. The van der Waals surface area contributed by atoms with E-state index in [0.29, 0.717) is 24.5 Å². The fourth-order valence-electron chi connectivity index (χ4n) is 3.03. The molecule has 0 aliphatic heterocycles. The Labute approximate surface area is 192 Å². The number of nitrogen functional groups attached to an aromatic ring is 1. The third-order valence-corrected chi connectivity index (χ3v) is 5.50. The zero-order chi connectivity index (χ0) is 22.9. The Morgan fingerprint density at radius 1 is 1.03 bits per heavy atom. The molecule has 2 aromatic heterocycles. The Hall–Kier alpha value is -3.43. The Morgan fingerprint density at radius 2 is 1.84 bits per heavy atom. The van der Waals surface area contributed by atoms with Crippen molar-refractivity contribution in [1.29, 1.82) is 0 Å². The first-order valence-electron chi connectivity index (χ1n) is 10.3. The number of nitrogens with one attached hydrogen (secondary N) is 2. The number of benzene rings is 1. The molecule has 168 valence electrons. The molecule has 0 saturated carbocycles. The van der Waals surface area contributed by atoms with Gasteiger partial charge in [0.25, 0.3) is 5.91 Å². The van der Waals surface area contributed by atoms with Crippen LogP contribution in [0.5, 0.6) is 0 Å². The van der Waals surface area contributed by atoms with Gasteiger partial charge >= 0.3 is 6.03 Å². The zero-order valence-corrected chi connectivity index (χ0v) is 19.1. The van der Waals surface area contributed by atoms with Crippen LogP contribution in [0.15, 0.2) is 60.1 Å². The summed E-state index contributed by atoms with van der Waals surface area (Å²) in [5.74, 6) is -0.340. The third kappa shape index (κ3) is 6.79. The van der Waals surface area contributed by atoms with Crippen molar-refractivity contribution in [2.24, 2.45) is 0 Å². The van der Waals surface area contributed by atoms with Crippen LogP contribution in [0.2, 0.25) is 0 Å². The van der Waals surface area contributed by atoms with Crippen LogP contribution in [-0.4, -0.2) is 53.9 Å². The molecule has 8 nitrogen and oxygen atoms in total. The third-order valence-electron chi connectivity index (χ3n) is 4.71. The number of amides is 3. The summed E-state index contributed by atoms with van der Waals surface area (Å²) < 4.78 is 0. The van der Waals surface area contributed by atoms with Crippen molar-refractivity contribution in [1.82, 2.24) is 14.8 Å². The van der Waals surface area contributed by atoms with E-state index in [1.165, 1.54) is 11.3 Å². The van der Waals surface area contributed by atoms with Crippen molar-refractivity contribution in [2.45, 2.75) is 13.0 Å². The number of thiophene rings is 1. The molecule has 0 fully saturated rings. The quantitative estimate of drug-likeness (QED) is 0.426. The number of anilines is 3. The summed E-state index contributed by atoms with van der Waals surface area (Å²) in [5, 5.41) is 8.42. The average Bonchev–Trinajstić information content (AvgIpc) is 3.28. The molecule has 2 heterocycles. The van der Waals surface area contributed by atoms with Crippen molar-refractivity contribution in [3.05, 3.63) is 71.4 Å². The Bertz CT molecular complexity index is 1020. The normalized spacial score (nSPS) is 10.7. The van der Waals surface area contributed by atoms with E-state index in [-0.39, 0.29) is 17.6 Å². The summed E-state index contributed by atoms with van der Waals surface area (Å²) in [6.07, 6.45) is 2.47. The highest BCUT2D eigenvalue weighted by Gasteiger charge is 2.16. The Balaban J connectivity index is 1.65. The van der Waals surface area contributed by atoms with Crippen molar-refractivity contribution >= 4 is 39.7 Å². The molecule has 0 aliphatic carbocycles. The van der Waals surface area contributed by atoms with Crippen LogP contribution in [0.25, 0.3) is 0 Å². The summed E-state index contributed by atoms with van der Waals surface area (Å²) in [7, 11) is 4.01. The van der Waals surface area contributed by atoms with Crippen LogP contribution in [-0.2, 0) is 6.54 Å². The number of carbonyl (C=O) groups is 2. The maximum atomic E-state index is 12.8. The van der Waals surface area contributed by atoms with Crippen LogP contribution in [0.3, 0.4) is 0 Å². The molecule has 0 aliphatic rings. The van der Waals surface area contributed by atoms with Gasteiger partial charge in [0.2, 0.25) is 0 Å². The molecular formula is C23H28N6O2S. The summed E-state index contributed by atoms with van der Waals surface area (Å²) in [6, 6.07) is 14.1. The largest absolute Gasteiger partial charge is 0.397 e. The Kier molecular flexibility index (Phi) is 8.18. The van der Waals surface area contributed by atoms with E-state index in [0.717, 1.165) is 23.5 Å². The highest BCUT2D eigenvalue weighted by atomic mass is 32.1. The summed E-state index contributed by atoms with van der Waals surface area (Å²) >= 11 is 1.48. The number of carbonyl (C=O) groups excluding carboxylic acids is 2. The average molecular weight is 453 g/mol. The number of hydrogen-bond acceptors (Lipinski definition) is 6. The number of urea groups is 1. The molecule has 4 N–H and O–H groups in total. The monoisotopic (exact) mass is 452 g/mol. The number of nitrogens with zero attached hydrogens (tertiary/aromatic N) is 3. The molecule has 3 amide bonds. The number of rotatable bonds is 9. The van der Waals surface area contributed by atoms with Gasteiger partial charge in [0, 0.05) is 19.3 Å². The van der Waals surface area contributed by atoms with Crippen molar-refractivity contribution in [3.8, 4) is 0 Å². The van der Waals surface area contributed by atoms with E-state index >= 15 is 0 Å². The lowest BCUT2D eigenvalue weighted by atomic mass is 10.2. The minimum atomic E-state index is -0.340. The minimum absolute atomic E-state index is 0.160. The predicted molar refractivity (Wildman–Crippen MR) is 130 cm³/mol. The first kappa shape index (κ1) is 23.2. The smallest absolute Gasteiger partial charge is 0.322 e. The lowest BCUT2D eigenvalue weighted by molar-refractivity contribution is 0.102. The maximum Gasteiger partial charge on any atom is 0.322 e. The second-order valence-corrected chi connectivity index (χ2v) is 8.53. The number of para-hydroxylation sites is 2. The lowest BCUT2D eigenvalue weighted by Crippen LogP contribution is -2.36. The number of nitrogens with two attached hydrogens (primary N) is 1. The van der Waals surface area contributed by atoms with Gasteiger partial charge in [0.15, 0.2) is 0 Å². The molecule has 0 bridgehead atoms. The molecule has 0 radical (unpaired) electrons. The fourth-order valence-corrected chi connectivity index (χ4v) is 3.64. The van der Waals surface area contributed by atoms with E-state index in [2.05, 4.69) is 20.5 Å². The second-order valence-electron chi connectivity index (χ2n) is 7.58. The van der Waals surface area contributed by atoms with Gasteiger partial charge in [-0.3, -0.25) is 15.1 Å². The first-order valence-corrected chi connectivity index (χ1v) is 11.2. The number of aromatic nitrogens is 1. The molecule has 1 aromatic carbocycles. The Morgan fingerprint density at radius 3 is 2.50 bits per heavy atom. The predicted octanol–water partition coefficient (Wildman–Crippen LogP) is 3.96. The van der Waals surface area contributed by atoms with E-state index in [1.807, 2.05) is 37.7 Å². The van der Waals surface area contributed by atoms with Gasteiger partial charge in [0.05, 0.1) is 16.4 Å². The molecule has 3 rings (SSSR count). The lowest BCUT2D eigenvalue weighted by Gasteiger charge is -2.23. The molecular weight excluding hydrogens is 424 g/mol. The van der Waals surface area contributed by atoms with Gasteiger partial charge in [-0.25, -0.2) is 4.79 Å². The van der Waals surface area contributed by atoms with Crippen LogP contribution in [0, 0.1) is 0 Å². The second kappa shape index (κ2) is 11.3. The van der Waals surface area contributed by atoms with Gasteiger partial charge in [-0.15, -0.1) is 11.3 Å². The molecule has 0 unspecified atom stereocenters. The van der Waals surface area contributed by atoms with E-state index < -0.39 is 0 Å². The van der Waals surface area contributed by atoms with E-state index in [1.54, 1.807) is 41.4 Å². The van der Waals surface area contributed by atoms with Crippen LogP contribution in [0.1, 0.15) is 22.5 Å². The van der Waals surface area contributed by atoms with Crippen molar-refractivity contribution in [2.75, 3.05) is 43.6 Å². The van der Waals surface area contributed by atoms with Gasteiger partial charge < -0.3 is 20.9 Å². The molecule has 0 atom stereocenters. The maximum absolute atomic E-state index is 12.8. The number of pyridine rings is 1. The van der Waals surface area contributed by atoms with Crippen molar-refractivity contribution < 1.29 is 9.59 Å². The number of hydrogen-bond donors (Lipinski definition) is 3. The van der Waals surface area contributed by atoms with Gasteiger partial charge in [0.1, 0.15) is 5.69 Å². The first-order chi connectivity index (χ1) is 15.4. The highest BCUT2D eigenvalue weighted by molar-refractivity contribution is 7.14. The summed E-state index contributed by atoms with van der Waals surface area (Å²) in [4.78, 5) is 33.4. The highest BCUT2D eigenvalue weighted by Crippen LogP contribution is 2.18. The fraction of sp³-hybridized carbons (Fsp3) is 0.261. The van der Waals surface area contributed by atoms with E-state index in [4.69, 9.17) is 5.73 Å². The standard InChI is InChI=1S/C23H28N6O2S/c1-28(2)12-6-13-29(23(31)27-21-9-5-14-32-21)16-17-10-11-20(25-15-17)22(30)26-19-8-4-3-7-18(19)24/h3-5,7-11,14-15H,6,12-13,16,24H2,1-2H3,(H,26,30)(H,27,31). The van der Waals surface area contributed by atoms with Crippen LogP contribution >= 0.6 is 11.3 Å². The van der Waals surface area contributed by atoms with Crippen LogP contribution in [0.4, 0.5) is 21.2 Å². The zero-order valence-electron chi connectivity index (χ0n) is 18.2. The molecule has 3 aromatic rings. The van der Waals surface area contributed by atoms with E-state index in [9.17, 15) is 9.59 Å². The van der Waals surface area contributed by atoms with Crippen molar-refractivity contribution in [3.63, 3.8) is 0 Å². The molecule has 0 spiro atoms. The topological polar surface area (TPSA) is 104 Å². The molecule has 9 heteroatoms.